The quantitative estimate of drug-likeness (QED) is 0.896. The number of nitrogens with two attached hydrogens (primary N) is 1. The molecule has 2 aromatic rings. The Hall–Kier alpha value is -1.52. The minimum Gasteiger partial charge on any atom is -0.437 e. The van der Waals surface area contributed by atoms with E-state index in [4.69, 9.17) is 33.7 Å². The highest BCUT2D eigenvalue weighted by molar-refractivity contribution is 6.42. The number of hydrogen-bond acceptors (Lipinski definition) is 4. The molecule has 6 heteroatoms. The summed E-state index contributed by atoms with van der Waals surface area (Å²) in [5, 5.41) is 0.889. The van der Waals surface area contributed by atoms with E-state index in [1.54, 1.807) is 18.2 Å². The number of hydrogen-bond donors (Lipinski definition) is 1. The van der Waals surface area contributed by atoms with Gasteiger partial charge in [-0.25, -0.2) is 9.97 Å². The lowest BCUT2D eigenvalue weighted by atomic mass is 10.3. The number of nitrogens with zero attached hydrogens (tertiary/aromatic N) is 2. The predicted molar refractivity (Wildman–Crippen MR) is 63.0 cm³/mol. The summed E-state index contributed by atoms with van der Waals surface area (Å²) < 4.78 is 5.40. The first-order valence-electron chi connectivity index (χ1n) is 4.35. The average molecular weight is 256 g/mol. The van der Waals surface area contributed by atoms with Gasteiger partial charge in [0.1, 0.15) is 11.6 Å². The standard InChI is InChI=1S/C10H7Cl2N3O/c11-7-2-1-6(3-8(7)12)16-10-5-14-9(13)4-15-10/h1-5H,(H2,13,14). The van der Waals surface area contributed by atoms with Crippen LogP contribution in [-0.2, 0) is 0 Å². The van der Waals surface area contributed by atoms with Gasteiger partial charge in [0.2, 0.25) is 5.88 Å². The molecule has 4 nitrogen and oxygen atoms in total. The van der Waals surface area contributed by atoms with Crippen molar-refractivity contribution in [1.82, 2.24) is 9.97 Å². The van der Waals surface area contributed by atoms with Crippen molar-refractivity contribution in [3.8, 4) is 11.6 Å². The molecule has 0 fully saturated rings. The molecule has 0 spiro atoms. The first kappa shape index (κ1) is 11.0. The summed E-state index contributed by atoms with van der Waals surface area (Å²) in [6.45, 7) is 0. The van der Waals surface area contributed by atoms with Gasteiger partial charge in [-0.05, 0) is 12.1 Å². The smallest absolute Gasteiger partial charge is 0.237 e. The second-order valence-electron chi connectivity index (χ2n) is 2.96. The van der Waals surface area contributed by atoms with Crippen molar-refractivity contribution in [1.29, 1.82) is 0 Å². The minimum absolute atomic E-state index is 0.335. The summed E-state index contributed by atoms with van der Waals surface area (Å²) in [7, 11) is 0. The lowest BCUT2D eigenvalue weighted by molar-refractivity contribution is 0.460. The summed E-state index contributed by atoms with van der Waals surface area (Å²) in [5.74, 6) is 1.21. The van der Waals surface area contributed by atoms with Crippen LogP contribution in [0.25, 0.3) is 0 Å². The van der Waals surface area contributed by atoms with E-state index in [0.29, 0.717) is 27.5 Å². The number of anilines is 1. The van der Waals surface area contributed by atoms with Crippen molar-refractivity contribution in [2.24, 2.45) is 0 Å². The van der Waals surface area contributed by atoms with Gasteiger partial charge in [-0.1, -0.05) is 23.2 Å². The zero-order valence-corrected chi connectivity index (χ0v) is 9.53. The monoisotopic (exact) mass is 255 g/mol. The highest BCUT2D eigenvalue weighted by Gasteiger charge is 2.02. The lowest BCUT2D eigenvalue weighted by Crippen LogP contribution is -1.93. The maximum atomic E-state index is 5.84. The molecular formula is C10H7Cl2N3O. The second kappa shape index (κ2) is 4.55. The lowest BCUT2D eigenvalue weighted by Gasteiger charge is -2.05. The summed E-state index contributed by atoms with van der Waals surface area (Å²) in [5.41, 5.74) is 5.40. The highest BCUT2D eigenvalue weighted by Crippen LogP contribution is 2.28. The van der Waals surface area contributed by atoms with Crippen molar-refractivity contribution in [3.63, 3.8) is 0 Å². The maximum absolute atomic E-state index is 5.84. The van der Waals surface area contributed by atoms with Gasteiger partial charge < -0.3 is 10.5 Å². The van der Waals surface area contributed by atoms with Gasteiger partial charge in [0.05, 0.1) is 22.4 Å². The number of ether oxygens (including phenoxy) is 1. The Bertz CT molecular complexity index is 502. The van der Waals surface area contributed by atoms with Crippen LogP contribution < -0.4 is 10.5 Å². The molecule has 0 radical (unpaired) electrons. The number of nitrogen functional groups attached to an aromatic ring is 1. The van der Waals surface area contributed by atoms with Gasteiger partial charge in [-0.15, -0.1) is 0 Å². The molecule has 1 aromatic carbocycles. The number of aromatic nitrogens is 2. The Morgan fingerprint density at radius 2 is 1.88 bits per heavy atom. The van der Waals surface area contributed by atoms with Crippen LogP contribution in [0.2, 0.25) is 10.0 Å². The third-order valence-electron chi connectivity index (χ3n) is 1.76. The molecule has 0 saturated heterocycles. The van der Waals surface area contributed by atoms with E-state index >= 15 is 0 Å². The van der Waals surface area contributed by atoms with E-state index < -0.39 is 0 Å². The summed E-state index contributed by atoms with van der Waals surface area (Å²) in [4.78, 5) is 7.79. The normalized spacial score (nSPS) is 10.1. The molecule has 2 rings (SSSR count). The minimum atomic E-state index is 0.335. The third kappa shape index (κ3) is 2.53. The van der Waals surface area contributed by atoms with Crippen LogP contribution in [0.5, 0.6) is 11.6 Å². The van der Waals surface area contributed by atoms with Crippen LogP contribution in [0.3, 0.4) is 0 Å². The number of rotatable bonds is 2. The van der Waals surface area contributed by atoms with Crippen LogP contribution in [-0.4, -0.2) is 9.97 Å². The Labute approximate surface area is 102 Å². The first-order valence-corrected chi connectivity index (χ1v) is 5.11. The number of benzene rings is 1. The Kier molecular flexibility index (Phi) is 3.12. The van der Waals surface area contributed by atoms with Gasteiger partial charge >= 0.3 is 0 Å². The molecule has 0 amide bonds. The zero-order chi connectivity index (χ0) is 11.5. The molecule has 0 unspecified atom stereocenters. The van der Waals surface area contributed by atoms with Crippen LogP contribution in [0.4, 0.5) is 5.82 Å². The van der Waals surface area contributed by atoms with E-state index in [1.807, 2.05) is 0 Å². The Morgan fingerprint density at radius 1 is 1.06 bits per heavy atom. The second-order valence-corrected chi connectivity index (χ2v) is 3.77. The third-order valence-corrected chi connectivity index (χ3v) is 2.50. The van der Waals surface area contributed by atoms with E-state index in [9.17, 15) is 0 Å². The van der Waals surface area contributed by atoms with Gasteiger partial charge in [-0.3, -0.25) is 0 Å². The molecule has 0 atom stereocenters. The fourth-order valence-electron chi connectivity index (χ4n) is 1.04. The average Bonchev–Trinajstić information content (AvgIpc) is 2.27. The molecule has 82 valence electrons. The fourth-order valence-corrected chi connectivity index (χ4v) is 1.33. The molecule has 0 bridgehead atoms. The summed E-state index contributed by atoms with van der Waals surface area (Å²) in [6.07, 6.45) is 2.84. The molecule has 0 saturated carbocycles. The molecule has 0 aliphatic carbocycles. The molecule has 16 heavy (non-hydrogen) atoms. The summed E-state index contributed by atoms with van der Waals surface area (Å²) in [6, 6.07) is 4.93. The van der Waals surface area contributed by atoms with Gasteiger partial charge in [0.15, 0.2) is 0 Å². The van der Waals surface area contributed by atoms with E-state index in [2.05, 4.69) is 9.97 Å². The van der Waals surface area contributed by atoms with E-state index in [1.165, 1.54) is 12.4 Å². The van der Waals surface area contributed by atoms with Crippen LogP contribution in [0.1, 0.15) is 0 Å². The van der Waals surface area contributed by atoms with Gasteiger partial charge in [0.25, 0.3) is 0 Å². The molecule has 1 heterocycles. The number of halogens is 2. The largest absolute Gasteiger partial charge is 0.437 e. The van der Waals surface area contributed by atoms with Crippen molar-refractivity contribution in [2.45, 2.75) is 0 Å². The molecule has 1 aromatic heterocycles. The predicted octanol–water partition coefficient (Wildman–Crippen LogP) is 3.16. The molecular weight excluding hydrogens is 249 g/mol. The van der Waals surface area contributed by atoms with Crippen molar-refractivity contribution >= 4 is 29.0 Å². The van der Waals surface area contributed by atoms with Crippen molar-refractivity contribution in [3.05, 3.63) is 40.6 Å². The SMILES string of the molecule is Nc1cnc(Oc2ccc(Cl)c(Cl)c2)cn1. The first-order chi connectivity index (χ1) is 7.65. The molecule has 2 N–H and O–H groups in total. The van der Waals surface area contributed by atoms with E-state index in [-0.39, 0.29) is 0 Å². The Balaban J connectivity index is 2.20. The van der Waals surface area contributed by atoms with E-state index in [0.717, 1.165) is 0 Å². The van der Waals surface area contributed by atoms with Crippen LogP contribution in [0, 0.1) is 0 Å². The fraction of sp³-hybridized carbons (Fsp3) is 0. The van der Waals surface area contributed by atoms with Crippen molar-refractivity contribution < 1.29 is 4.74 Å². The molecule has 0 aliphatic heterocycles. The van der Waals surface area contributed by atoms with Crippen LogP contribution >= 0.6 is 23.2 Å². The van der Waals surface area contributed by atoms with Crippen LogP contribution in [0.15, 0.2) is 30.6 Å². The Morgan fingerprint density at radius 3 is 2.50 bits per heavy atom. The zero-order valence-electron chi connectivity index (χ0n) is 8.02. The summed E-state index contributed by atoms with van der Waals surface area (Å²) >= 11 is 11.6. The molecule has 0 aliphatic rings. The highest BCUT2D eigenvalue weighted by atomic mass is 35.5. The topological polar surface area (TPSA) is 61.0 Å². The van der Waals surface area contributed by atoms with Gasteiger partial charge in [-0.2, -0.15) is 0 Å². The van der Waals surface area contributed by atoms with Crippen molar-refractivity contribution in [2.75, 3.05) is 5.73 Å². The maximum Gasteiger partial charge on any atom is 0.237 e. The van der Waals surface area contributed by atoms with Gasteiger partial charge in [0, 0.05) is 6.07 Å².